The van der Waals surface area contributed by atoms with Crippen molar-refractivity contribution in [2.24, 2.45) is 0 Å². The standard InChI is InChI=1S/C26H31N3O4/c1-19-4-10-23(11-5-19)32-18-24-20(2)33-26(28-24)22-8-6-21(7-9-22)25(30)27-12-3-13-29-14-16-31-17-15-29/h4-11H,3,12-18H2,1-2H3,(H,27,30). The first-order valence-electron chi connectivity index (χ1n) is 11.4. The molecule has 0 radical (unpaired) electrons. The Balaban J connectivity index is 1.27. The first-order valence-corrected chi connectivity index (χ1v) is 11.4. The molecular weight excluding hydrogens is 418 g/mol. The summed E-state index contributed by atoms with van der Waals surface area (Å²) in [6.45, 7) is 9.41. The lowest BCUT2D eigenvalue weighted by atomic mass is 10.1. The Morgan fingerprint density at radius 2 is 1.79 bits per heavy atom. The summed E-state index contributed by atoms with van der Waals surface area (Å²) in [4.78, 5) is 19.4. The highest BCUT2D eigenvalue weighted by Crippen LogP contribution is 2.23. The number of carbonyl (C=O) groups excluding carboxylic acids is 1. The molecule has 2 aromatic carbocycles. The Morgan fingerprint density at radius 3 is 2.52 bits per heavy atom. The van der Waals surface area contributed by atoms with Crippen LogP contribution in [0.5, 0.6) is 5.75 Å². The zero-order valence-corrected chi connectivity index (χ0v) is 19.3. The maximum Gasteiger partial charge on any atom is 0.251 e. The van der Waals surface area contributed by atoms with E-state index in [-0.39, 0.29) is 5.91 Å². The monoisotopic (exact) mass is 449 g/mol. The van der Waals surface area contributed by atoms with Crippen LogP contribution < -0.4 is 10.1 Å². The maximum absolute atomic E-state index is 12.4. The number of nitrogens with one attached hydrogen (secondary N) is 1. The molecule has 1 aromatic heterocycles. The van der Waals surface area contributed by atoms with Gasteiger partial charge in [0.15, 0.2) is 0 Å². The van der Waals surface area contributed by atoms with E-state index < -0.39 is 0 Å². The van der Waals surface area contributed by atoms with E-state index in [1.807, 2.05) is 50.2 Å². The van der Waals surface area contributed by atoms with Crippen LogP contribution in [-0.2, 0) is 11.3 Å². The molecule has 3 aromatic rings. The van der Waals surface area contributed by atoms with E-state index in [0.717, 1.165) is 62.0 Å². The highest BCUT2D eigenvalue weighted by atomic mass is 16.5. The highest BCUT2D eigenvalue weighted by molar-refractivity contribution is 5.94. The van der Waals surface area contributed by atoms with Crippen LogP contribution in [0, 0.1) is 13.8 Å². The summed E-state index contributed by atoms with van der Waals surface area (Å²) in [7, 11) is 0. The van der Waals surface area contributed by atoms with Crippen LogP contribution in [0.3, 0.4) is 0 Å². The minimum atomic E-state index is -0.0701. The molecule has 1 amide bonds. The Morgan fingerprint density at radius 1 is 1.06 bits per heavy atom. The van der Waals surface area contributed by atoms with Gasteiger partial charge in [0.05, 0.1) is 13.2 Å². The minimum absolute atomic E-state index is 0.0701. The van der Waals surface area contributed by atoms with Crippen molar-refractivity contribution in [2.75, 3.05) is 39.4 Å². The molecule has 7 nitrogen and oxygen atoms in total. The second-order valence-electron chi connectivity index (χ2n) is 8.26. The Kier molecular flexibility index (Phi) is 7.75. The van der Waals surface area contributed by atoms with Gasteiger partial charge in [0.2, 0.25) is 5.89 Å². The number of oxazole rings is 1. The fraction of sp³-hybridized carbons (Fsp3) is 0.385. The van der Waals surface area contributed by atoms with Crippen molar-refractivity contribution in [2.45, 2.75) is 26.9 Å². The summed E-state index contributed by atoms with van der Waals surface area (Å²) in [5.74, 6) is 1.97. The van der Waals surface area contributed by atoms with Crippen molar-refractivity contribution in [1.82, 2.24) is 15.2 Å². The van der Waals surface area contributed by atoms with Gasteiger partial charge in [0.25, 0.3) is 5.91 Å². The van der Waals surface area contributed by atoms with E-state index in [4.69, 9.17) is 13.9 Å². The van der Waals surface area contributed by atoms with E-state index >= 15 is 0 Å². The Hall–Kier alpha value is -3.16. The molecule has 1 N–H and O–H groups in total. The molecule has 1 aliphatic rings. The normalized spacial score (nSPS) is 14.2. The van der Waals surface area contributed by atoms with Gasteiger partial charge in [-0.2, -0.15) is 0 Å². The Bertz CT molecular complexity index is 1040. The lowest BCUT2D eigenvalue weighted by molar-refractivity contribution is 0.0374. The zero-order chi connectivity index (χ0) is 23.0. The molecule has 0 spiro atoms. The van der Waals surface area contributed by atoms with Crippen LogP contribution >= 0.6 is 0 Å². The van der Waals surface area contributed by atoms with Crippen molar-refractivity contribution in [3.8, 4) is 17.2 Å². The molecular formula is C26H31N3O4. The zero-order valence-electron chi connectivity index (χ0n) is 19.3. The molecule has 0 unspecified atom stereocenters. The summed E-state index contributed by atoms with van der Waals surface area (Å²) >= 11 is 0. The number of hydrogen-bond donors (Lipinski definition) is 1. The number of nitrogens with zero attached hydrogens (tertiary/aromatic N) is 2. The maximum atomic E-state index is 12.4. The topological polar surface area (TPSA) is 76.8 Å². The largest absolute Gasteiger partial charge is 0.487 e. The number of hydrogen-bond acceptors (Lipinski definition) is 6. The first-order chi connectivity index (χ1) is 16.1. The lowest BCUT2D eigenvalue weighted by Crippen LogP contribution is -2.38. The van der Waals surface area contributed by atoms with Gasteiger partial charge in [-0.25, -0.2) is 4.98 Å². The Labute approximate surface area is 194 Å². The lowest BCUT2D eigenvalue weighted by Gasteiger charge is -2.26. The quantitative estimate of drug-likeness (QED) is 0.498. The molecule has 33 heavy (non-hydrogen) atoms. The molecule has 7 heteroatoms. The third kappa shape index (κ3) is 6.43. The number of aromatic nitrogens is 1. The van der Waals surface area contributed by atoms with Gasteiger partial charge in [-0.1, -0.05) is 17.7 Å². The summed E-state index contributed by atoms with van der Waals surface area (Å²) < 4.78 is 17.0. The number of ether oxygens (including phenoxy) is 2. The van der Waals surface area contributed by atoms with Gasteiger partial charge in [-0.3, -0.25) is 9.69 Å². The van der Waals surface area contributed by atoms with Gasteiger partial charge >= 0.3 is 0 Å². The van der Waals surface area contributed by atoms with Gasteiger partial charge in [0.1, 0.15) is 23.8 Å². The number of carbonyl (C=O) groups is 1. The van der Waals surface area contributed by atoms with E-state index in [1.165, 1.54) is 5.56 Å². The van der Waals surface area contributed by atoms with Crippen LogP contribution in [0.2, 0.25) is 0 Å². The van der Waals surface area contributed by atoms with Gasteiger partial charge in [-0.05, 0) is 63.2 Å². The third-order valence-corrected chi connectivity index (χ3v) is 5.72. The van der Waals surface area contributed by atoms with Crippen LogP contribution in [-0.4, -0.2) is 55.2 Å². The van der Waals surface area contributed by atoms with Crippen LogP contribution in [0.4, 0.5) is 0 Å². The van der Waals surface area contributed by atoms with Crippen LogP contribution in [0.15, 0.2) is 52.9 Å². The van der Waals surface area contributed by atoms with E-state index in [2.05, 4.69) is 15.2 Å². The van der Waals surface area contributed by atoms with Crippen molar-refractivity contribution in [1.29, 1.82) is 0 Å². The molecule has 0 atom stereocenters. The smallest absolute Gasteiger partial charge is 0.251 e. The van der Waals surface area contributed by atoms with Gasteiger partial charge in [-0.15, -0.1) is 0 Å². The number of amides is 1. The molecule has 1 saturated heterocycles. The fourth-order valence-corrected chi connectivity index (χ4v) is 3.67. The number of rotatable bonds is 9. The number of morpholine rings is 1. The number of benzene rings is 2. The molecule has 0 bridgehead atoms. The molecule has 4 rings (SSSR count). The van der Waals surface area contributed by atoms with E-state index in [0.29, 0.717) is 24.6 Å². The summed E-state index contributed by atoms with van der Waals surface area (Å²) in [5.41, 5.74) is 3.39. The average molecular weight is 450 g/mol. The second kappa shape index (κ2) is 11.1. The molecule has 0 aliphatic carbocycles. The van der Waals surface area contributed by atoms with E-state index in [1.54, 1.807) is 12.1 Å². The molecule has 2 heterocycles. The van der Waals surface area contributed by atoms with Crippen molar-refractivity contribution in [3.63, 3.8) is 0 Å². The predicted molar refractivity (Wildman–Crippen MR) is 126 cm³/mol. The number of aryl methyl sites for hydroxylation is 2. The second-order valence-corrected chi connectivity index (χ2v) is 8.26. The van der Waals surface area contributed by atoms with Crippen LogP contribution in [0.1, 0.15) is 33.8 Å². The summed E-state index contributed by atoms with van der Waals surface area (Å²) in [6.07, 6.45) is 0.923. The average Bonchev–Trinajstić information content (AvgIpc) is 3.22. The molecule has 174 valence electrons. The fourth-order valence-electron chi connectivity index (χ4n) is 3.67. The summed E-state index contributed by atoms with van der Waals surface area (Å²) in [6, 6.07) is 15.2. The van der Waals surface area contributed by atoms with Crippen molar-refractivity contribution >= 4 is 5.91 Å². The predicted octanol–water partition coefficient (Wildman–Crippen LogP) is 3.99. The molecule has 1 aliphatic heterocycles. The van der Waals surface area contributed by atoms with Gasteiger partial charge < -0.3 is 19.2 Å². The first kappa shape index (κ1) is 23.0. The highest BCUT2D eigenvalue weighted by Gasteiger charge is 2.14. The van der Waals surface area contributed by atoms with Gasteiger partial charge in [0, 0.05) is 30.8 Å². The third-order valence-electron chi connectivity index (χ3n) is 5.72. The summed E-state index contributed by atoms with van der Waals surface area (Å²) in [5, 5.41) is 2.99. The minimum Gasteiger partial charge on any atom is -0.487 e. The van der Waals surface area contributed by atoms with Crippen molar-refractivity contribution < 1.29 is 18.7 Å². The molecule has 1 fully saturated rings. The van der Waals surface area contributed by atoms with E-state index in [9.17, 15) is 4.79 Å². The molecule has 0 saturated carbocycles. The van der Waals surface area contributed by atoms with Crippen LogP contribution in [0.25, 0.3) is 11.5 Å². The van der Waals surface area contributed by atoms with Crippen molar-refractivity contribution in [3.05, 3.63) is 71.1 Å². The SMILES string of the molecule is Cc1ccc(OCc2nc(-c3ccc(C(=O)NCCCN4CCOCC4)cc3)oc2C)cc1.